The standard InChI is InChI=1S/C22H18Cl2N2O2/c23-17-11-16(12-18(24)13-17)22(28)26-20-8-4-7-19(14-20)25-21(27)10-9-15-5-2-1-3-6-15/h1-8,11-14H,9-10H2,(H,25,27)(H,26,28). The van der Waals surface area contributed by atoms with Gasteiger partial charge < -0.3 is 10.6 Å². The lowest BCUT2D eigenvalue weighted by Crippen LogP contribution is -2.14. The van der Waals surface area contributed by atoms with Crippen molar-refractivity contribution in [3.63, 3.8) is 0 Å². The Labute approximate surface area is 173 Å². The van der Waals surface area contributed by atoms with Crippen LogP contribution in [0.5, 0.6) is 0 Å². The fourth-order valence-corrected chi connectivity index (χ4v) is 3.21. The highest BCUT2D eigenvalue weighted by molar-refractivity contribution is 6.35. The van der Waals surface area contributed by atoms with Gasteiger partial charge in [0.25, 0.3) is 5.91 Å². The number of carbonyl (C=O) groups excluding carboxylic acids is 2. The van der Waals surface area contributed by atoms with Gasteiger partial charge >= 0.3 is 0 Å². The third-order valence-electron chi connectivity index (χ3n) is 4.01. The fraction of sp³-hybridized carbons (Fsp3) is 0.0909. The van der Waals surface area contributed by atoms with Gasteiger partial charge in [0.05, 0.1) is 0 Å². The molecule has 4 nitrogen and oxygen atoms in total. The number of nitrogens with one attached hydrogen (secondary N) is 2. The minimum absolute atomic E-state index is 0.0889. The topological polar surface area (TPSA) is 58.2 Å². The van der Waals surface area contributed by atoms with E-state index in [1.807, 2.05) is 30.3 Å². The van der Waals surface area contributed by atoms with Gasteiger partial charge in [-0.1, -0.05) is 59.6 Å². The van der Waals surface area contributed by atoms with Gasteiger partial charge in [0.2, 0.25) is 5.91 Å². The molecule has 0 unspecified atom stereocenters. The number of halogens is 2. The first-order chi connectivity index (χ1) is 13.5. The lowest BCUT2D eigenvalue weighted by atomic mass is 10.1. The molecule has 3 aromatic carbocycles. The summed E-state index contributed by atoms with van der Waals surface area (Å²) in [5.41, 5.74) is 2.63. The molecule has 2 amide bonds. The van der Waals surface area contributed by atoms with E-state index >= 15 is 0 Å². The van der Waals surface area contributed by atoms with Gasteiger partial charge in [-0.15, -0.1) is 0 Å². The Balaban J connectivity index is 1.60. The number of anilines is 2. The van der Waals surface area contributed by atoms with Gasteiger partial charge in [-0.2, -0.15) is 0 Å². The zero-order valence-electron chi connectivity index (χ0n) is 14.9. The summed E-state index contributed by atoms with van der Waals surface area (Å²) in [6, 6.07) is 21.4. The Kier molecular flexibility index (Phi) is 6.69. The zero-order chi connectivity index (χ0) is 19.9. The third-order valence-corrected chi connectivity index (χ3v) is 4.45. The fourth-order valence-electron chi connectivity index (χ4n) is 2.69. The lowest BCUT2D eigenvalue weighted by Gasteiger charge is -2.09. The van der Waals surface area contributed by atoms with Crippen LogP contribution in [0.2, 0.25) is 10.0 Å². The van der Waals surface area contributed by atoms with Crippen LogP contribution in [0.4, 0.5) is 11.4 Å². The predicted octanol–water partition coefficient (Wildman–Crippen LogP) is 5.82. The van der Waals surface area contributed by atoms with Crippen LogP contribution in [0.3, 0.4) is 0 Å². The average molecular weight is 413 g/mol. The molecule has 2 N–H and O–H groups in total. The van der Waals surface area contributed by atoms with Crippen molar-refractivity contribution >= 4 is 46.4 Å². The first-order valence-corrected chi connectivity index (χ1v) is 9.46. The molecule has 0 aromatic heterocycles. The molecule has 0 atom stereocenters. The molecule has 0 heterocycles. The summed E-state index contributed by atoms with van der Waals surface area (Å²) in [7, 11) is 0. The average Bonchev–Trinajstić information content (AvgIpc) is 2.67. The van der Waals surface area contributed by atoms with Gasteiger partial charge in [0.15, 0.2) is 0 Å². The van der Waals surface area contributed by atoms with Gasteiger partial charge in [0.1, 0.15) is 0 Å². The van der Waals surface area contributed by atoms with Crippen LogP contribution in [0.1, 0.15) is 22.3 Å². The van der Waals surface area contributed by atoms with Gasteiger partial charge in [-0.05, 0) is 48.4 Å². The zero-order valence-corrected chi connectivity index (χ0v) is 16.4. The molecule has 0 spiro atoms. The van der Waals surface area contributed by atoms with Crippen LogP contribution in [0, 0.1) is 0 Å². The van der Waals surface area contributed by atoms with E-state index < -0.39 is 0 Å². The van der Waals surface area contributed by atoms with Crippen molar-refractivity contribution in [2.45, 2.75) is 12.8 Å². The second-order valence-electron chi connectivity index (χ2n) is 6.23. The van der Waals surface area contributed by atoms with E-state index in [1.165, 1.54) is 12.1 Å². The third kappa shape index (κ3) is 5.84. The quantitative estimate of drug-likeness (QED) is 0.535. The monoisotopic (exact) mass is 412 g/mol. The summed E-state index contributed by atoms with van der Waals surface area (Å²) in [5.74, 6) is -0.425. The Morgan fingerprint density at radius 1 is 0.750 bits per heavy atom. The molecule has 0 radical (unpaired) electrons. The predicted molar refractivity (Wildman–Crippen MR) is 114 cm³/mol. The first kappa shape index (κ1) is 19.9. The molecule has 0 aliphatic rings. The summed E-state index contributed by atoms with van der Waals surface area (Å²) < 4.78 is 0. The minimum Gasteiger partial charge on any atom is -0.326 e. The highest BCUT2D eigenvalue weighted by Crippen LogP contribution is 2.21. The molecule has 3 aromatic rings. The lowest BCUT2D eigenvalue weighted by molar-refractivity contribution is -0.116. The van der Waals surface area contributed by atoms with Crippen molar-refractivity contribution in [1.82, 2.24) is 0 Å². The van der Waals surface area contributed by atoms with E-state index in [0.29, 0.717) is 39.8 Å². The molecule has 142 valence electrons. The second kappa shape index (κ2) is 9.40. The minimum atomic E-state index is -0.336. The van der Waals surface area contributed by atoms with Crippen molar-refractivity contribution in [1.29, 1.82) is 0 Å². The van der Waals surface area contributed by atoms with Crippen molar-refractivity contribution < 1.29 is 9.59 Å². The van der Waals surface area contributed by atoms with E-state index in [9.17, 15) is 9.59 Å². The maximum absolute atomic E-state index is 12.4. The van der Waals surface area contributed by atoms with Crippen LogP contribution in [-0.2, 0) is 11.2 Å². The molecule has 0 bridgehead atoms. The van der Waals surface area contributed by atoms with Gasteiger partial charge in [-0.3, -0.25) is 9.59 Å². The van der Waals surface area contributed by atoms with E-state index in [-0.39, 0.29) is 11.8 Å². The Bertz CT molecular complexity index is 971. The summed E-state index contributed by atoms with van der Waals surface area (Å²) in [6.45, 7) is 0. The SMILES string of the molecule is O=C(CCc1ccccc1)Nc1cccc(NC(=O)c2cc(Cl)cc(Cl)c2)c1. The van der Waals surface area contributed by atoms with Crippen LogP contribution >= 0.6 is 23.2 Å². The van der Waals surface area contributed by atoms with Crippen molar-refractivity contribution in [2.75, 3.05) is 10.6 Å². The Morgan fingerprint density at radius 2 is 1.39 bits per heavy atom. The Morgan fingerprint density at radius 3 is 2.07 bits per heavy atom. The smallest absolute Gasteiger partial charge is 0.255 e. The Hall–Kier alpha value is -2.82. The normalized spacial score (nSPS) is 10.4. The van der Waals surface area contributed by atoms with E-state index in [1.54, 1.807) is 30.3 Å². The molecule has 0 saturated heterocycles. The maximum atomic E-state index is 12.4. The highest BCUT2D eigenvalue weighted by atomic mass is 35.5. The molecule has 0 aliphatic carbocycles. The summed E-state index contributed by atoms with van der Waals surface area (Å²) in [5, 5.41) is 6.40. The molecule has 0 aliphatic heterocycles. The summed E-state index contributed by atoms with van der Waals surface area (Å²) in [4.78, 5) is 24.6. The molecular weight excluding hydrogens is 395 g/mol. The molecule has 6 heteroatoms. The molecule has 28 heavy (non-hydrogen) atoms. The number of hydrogen-bond acceptors (Lipinski definition) is 2. The van der Waals surface area contributed by atoms with Crippen LogP contribution < -0.4 is 10.6 Å². The first-order valence-electron chi connectivity index (χ1n) is 8.71. The van der Waals surface area contributed by atoms with Crippen LogP contribution in [0.25, 0.3) is 0 Å². The van der Waals surface area contributed by atoms with E-state index in [4.69, 9.17) is 23.2 Å². The van der Waals surface area contributed by atoms with E-state index in [0.717, 1.165) is 5.56 Å². The van der Waals surface area contributed by atoms with E-state index in [2.05, 4.69) is 10.6 Å². The summed E-state index contributed by atoms with van der Waals surface area (Å²) in [6.07, 6.45) is 1.04. The summed E-state index contributed by atoms with van der Waals surface area (Å²) >= 11 is 11.9. The number of amides is 2. The number of carbonyl (C=O) groups is 2. The number of hydrogen-bond donors (Lipinski definition) is 2. The number of aryl methyl sites for hydroxylation is 1. The van der Waals surface area contributed by atoms with Crippen LogP contribution in [0.15, 0.2) is 72.8 Å². The number of rotatable bonds is 6. The van der Waals surface area contributed by atoms with Crippen LogP contribution in [-0.4, -0.2) is 11.8 Å². The molecular formula is C22H18Cl2N2O2. The van der Waals surface area contributed by atoms with Gasteiger partial charge in [-0.25, -0.2) is 0 Å². The number of benzene rings is 3. The highest BCUT2D eigenvalue weighted by Gasteiger charge is 2.09. The second-order valence-corrected chi connectivity index (χ2v) is 7.10. The van der Waals surface area contributed by atoms with Crippen molar-refractivity contribution in [3.05, 3.63) is 94.0 Å². The maximum Gasteiger partial charge on any atom is 0.255 e. The molecule has 3 rings (SSSR count). The van der Waals surface area contributed by atoms with Gasteiger partial charge in [0, 0.05) is 33.4 Å². The molecule has 0 fully saturated rings. The largest absolute Gasteiger partial charge is 0.326 e. The van der Waals surface area contributed by atoms with Crippen molar-refractivity contribution in [3.8, 4) is 0 Å². The van der Waals surface area contributed by atoms with Crippen molar-refractivity contribution in [2.24, 2.45) is 0 Å². The molecule has 0 saturated carbocycles.